The van der Waals surface area contributed by atoms with Crippen molar-refractivity contribution < 1.29 is 17.9 Å². The maximum Gasteiger partial charge on any atom is 0.416 e. The van der Waals surface area contributed by atoms with Gasteiger partial charge < -0.3 is 21.9 Å². The summed E-state index contributed by atoms with van der Waals surface area (Å²) in [5.41, 5.74) is 14.9. The van der Waals surface area contributed by atoms with Crippen LogP contribution < -0.4 is 21.9 Å². The van der Waals surface area contributed by atoms with Crippen LogP contribution in [0, 0.1) is 0 Å². The number of halogens is 4. The zero-order valence-corrected chi connectivity index (χ0v) is 12.3. The number of ether oxygens (including phenoxy) is 1. The molecule has 0 saturated heterocycles. The summed E-state index contributed by atoms with van der Waals surface area (Å²) in [6, 6.07) is 4.45. The SMILES string of the molecule is Cl.NC(N)=NC(N)=NCCCOc1ccc(C(F)(F)F)cc1. The monoisotopic (exact) mass is 339 g/mol. The van der Waals surface area contributed by atoms with E-state index >= 15 is 0 Å². The lowest BCUT2D eigenvalue weighted by Gasteiger charge is -2.08. The quantitative estimate of drug-likeness (QED) is 0.428. The van der Waals surface area contributed by atoms with Gasteiger partial charge in [-0.05, 0) is 24.3 Å². The first-order valence-corrected chi connectivity index (χ1v) is 5.98. The molecule has 0 atom stereocenters. The number of guanidine groups is 2. The maximum atomic E-state index is 12.3. The van der Waals surface area contributed by atoms with Crippen molar-refractivity contribution in [3.63, 3.8) is 0 Å². The number of hydrogen-bond donors (Lipinski definition) is 3. The van der Waals surface area contributed by atoms with Crippen LogP contribution in [0.1, 0.15) is 12.0 Å². The molecule has 1 aromatic rings. The van der Waals surface area contributed by atoms with E-state index in [9.17, 15) is 13.2 Å². The Morgan fingerprint density at radius 1 is 1.09 bits per heavy atom. The minimum atomic E-state index is -4.35. The zero-order chi connectivity index (χ0) is 15.9. The number of benzene rings is 1. The first kappa shape index (κ1) is 19.8. The Bertz CT molecular complexity index is 512. The van der Waals surface area contributed by atoms with E-state index in [-0.39, 0.29) is 30.9 Å². The topological polar surface area (TPSA) is 112 Å². The molecule has 1 rings (SSSR count). The molecule has 124 valence electrons. The van der Waals surface area contributed by atoms with Gasteiger partial charge in [-0.2, -0.15) is 18.2 Å². The van der Waals surface area contributed by atoms with Crippen molar-refractivity contribution in [1.29, 1.82) is 0 Å². The lowest BCUT2D eigenvalue weighted by molar-refractivity contribution is -0.137. The van der Waals surface area contributed by atoms with Gasteiger partial charge in [-0.25, -0.2) is 0 Å². The van der Waals surface area contributed by atoms with E-state index in [0.29, 0.717) is 18.7 Å². The van der Waals surface area contributed by atoms with Crippen molar-refractivity contribution in [2.75, 3.05) is 13.2 Å². The van der Waals surface area contributed by atoms with Crippen LogP contribution in [0.25, 0.3) is 0 Å². The molecule has 0 fully saturated rings. The minimum Gasteiger partial charge on any atom is -0.494 e. The van der Waals surface area contributed by atoms with Gasteiger partial charge in [0.25, 0.3) is 0 Å². The molecule has 0 unspecified atom stereocenters. The first-order valence-electron chi connectivity index (χ1n) is 5.98. The third-order valence-corrected chi connectivity index (χ3v) is 2.27. The summed E-state index contributed by atoms with van der Waals surface area (Å²) in [5.74, 6) is 0.131. The molecule has 6 nitrogen and oxygen atoms in total. The molecule has 22 heavy (non-hydrogen) atoms. The van der Waals surface area contributed by atoms with Crippen LogP contribution in [-0.4, -0.2) is 25.1 Å². The number of nitrogens with zero attached hydrogens (tertiary/aromatic N) is 2. The minimum absolute atomic E-state index is 0. The largest absolute Gasteiger partial charge is 0.494 e. The Labute approximate surface area is 131 Å². The summed E-state index contributed by atoms with van der Waals surface area (Å²) in [7, 11) is 0. The van der Waals surface area contributed by atoms with Crippen LogP contribution in [0.2, 0.25) is 0 Å². The smallest absolute Gasteiger partial charge is 0.416 e. The average molecular weight is 340 g/mol. The standard InChI is InChI=1S/C12H16F3N5O.ClH/c13-12(14,15)8-2-4-9(5-3-8)21-7-1-6-19-11(18)20-10(16)17;/h2-5H,1,6-7H2,(H6,16,17,18,19,20);1H. The van der Waals surface area contributed by atoms with Gasteiger partial charge >= 0.3 is 6.18 Å². The number of nitrogens with two attached hydrogens (primary N) is 3. The van der Waals surface area contributed by atoms with E-state index in [1.165, 1.54) is 12.1 Å². The van der Waals surface area contributed by atoms with Crippen LogP contribution in [0.4, 0.5) is 13.2 Å². The molecule has 0 amide bonds. The number of aliphatic imine (C=N–C) groups is 2. The molecule has 0 spiro atoms. The Kier molecular flexibility index (Phi) is 8.10. The average Bonchev–Trinajstić information content (AvgIpc) is 2.37. The van der Waals surface area contributed by atoms with Gasteiger partial charge in [-0.3, -0.25) is 4.99 Å². The molecule has 0 radical (unpaired) electrons. The summed E-state index contributed by atoms with van der Waals surface area (Å²) in [6.45, 7) is 0.618. The fourth-order valence-electron chi connectivity index (χ4n) is 1.36. The Hall–Kier alpha value is -2.16. The second kappa shape index (κ2) is 8.98. The van der Waals surface area contributed by atoms with Crippen LogP contribution in [0.15, 0.2) is 34.3 Å². The molecule has 0 aliphatic heterocycles. The van der Waals surface area contributed by atoms with Crippen LogP contribution in [0.3, 0.4) is 0 Å². The van der Waals surface area contributed by atoms with E-state index in [4.69, 9.17) is 21.9 Å². The maximum absolute atomic E-state index is 12.3. The zero-order valence-electron chi connectivity index (χ0n) is 11.5. The predicted octanol–water partition coefficient (Wildman–Crippen LogP) is 1.48. The van der Waals surface area contributed by atoms with Crippen molar-refractivity contribution in [2.24, 2.45) is 27.2 Å². The lowest BCUT2D eigenvalue weighted by Crippen LogP contribution is -2.26. The highest BCUT2D eigenvalue weighted by Gasteiger charge is 2.29. The summed E-state index contributed by atoms with van der Waals surface area (Å²) >= 11 is 0. The predicted molar refractivity (Wildman–Crippen MR) is 81.1 cm³/mol. The van der Waals surface area contributed by atoms with Gasteiger partial charge in [-0.15, -0.1) is 12.4 Å². The molecule has 0 aliphatic carbocycles. The second-order valence-corrected chi connectivity index (χ2v) is 4.00. The third-order valence-electron chi connectivity index (χ3n) is 2.27. The number of hydrogen-bond acceptors (Lipinski definition) is 2. The van der Waals surface area contributed by atoms with E-state index in [2.05, 4.69) is 9.98 Å². The van der Waals surface area contributed by atoms with Crippen molar-refractivity contribution in [3.8, 4) is 5.75 Å². The molecule has 0 aromatic heterocycles. The Morgan fingerprint density at radius 3 is 2.18 bits per heavy atom. The molecule has 0 saturated carbocycles. The summed E-state index contributed by atoms with van der Waals surface area (Å²) in [4.78, 5) is 7.38. The first-order chi connectivity index (χ1) is 9.79. The van der Waals surface area contributed by atoms with Crippen LogP contribution in [-0.2, 0) is 6.18 Å². The fraction of sp³-hybridized carbons (Fsp3) is 0.333. The molecule has 0 heterocycles. The van der Waals surface area contributed by atoms with E-state index in [1.54, 1.807) is 0 Å². The van der Waals surface area contributed by atoms with Gasteiger partial charge in [0.2, 0.25) is 5.96 Å². The molecule has 0 aliphatic rings. The van der Waals surface area contributed by atoms with Crippen molar-refractivity contribution in [1.82, 2.24) is 0 Å². The highest BCUT2D eigenvalue weighted by atomic mass is 35.5. The highest BCUT2D eigenvalue weighted by molar-refractivity contribution is 5.92. The molecular weight excluding hydrogens is 323 g/mol. The number of alkyl halides is 3. The normalized spacial score (nSPS) is 11.5. The van der Waals surface area contributed by atoms with Gasteiger partial charge in [0.15, 0.2) is 5.96 Å². The second-order valence-electron chi connectivity index (χ2n) is 4.00. The molecule has 1 aromatic carbocycles. The molecule has 10 heteroatoms. The summed E-state index contributed by atoms with van der Waals surface area (Å²) < 4.78 is 42.3. The Balaban J connectivity index is 0.00000441. The van der Waals surface area contributed by atoms with Gasteiger partial charge in [-0.1, -0.05) is 0 Å². The highest BCUT2D eigenvalue weighted by Crippen LogP contribution is 2.30. The van der Waals surface area contributed by atoms with Crippen molar-refractivity contribution >= 4 is 24.3 Å². The Morgan fingerprint density at radius 2 is 1.68 bits per heavy atom. The van der Waals surface area contributed by atoms with Crippen LogP contribution in [0.5, 0.6) is 5.75 Å². The van der Waals surface area contributed by atoms with Gasteiger partial charge in [0.1, 0.15) is 5.75 Å². The van der Waals surface area contributed by atoms with Crippen LogP contribution >= 0.6 is 12.4 Å². The van der Waals surface area contributed by atoms with E-state index in [0.717, 1.165) is 12.1 Å². The number of rotatable bonds is 5. The third kappa shape index (κ3) is 7.58. The van der Waals surface area contributed by atoms with Crippen molar-refractivity contribution in [2.45, 2.75) is 12.6 Å². The fourth-order valence-corrected chi connectivity index (χ4v) is 1.36. The van der Waals surface area contributed by atoms with Gasteiger partial charge in [0.05, 0.1) is 12.2 Å². The molecular formula is C12H17ClF3N5O. The molecule has 6 N–H and O–H groups in total. The van der Waals surface area contributed by atoms with Gasteiger partial charge in [0, 0.05) is 13.0 Å². The van der Waals surface area contributed by atoms with Crippen molar-refractivity contribution in [3.05, 3.63) is 29.8 Å². The molecule has 0 bridgehead atoms. The summed E-state index contributed by atoms with van der Waals surface area (Å²) in [5, 5.41) is 0. The van der Waals surface area contributed by atoms with E-state index < -0.39 is 11.7 Å². The summed E-state index contributed by atoms with van der Waals surface area (Å²) in [6.07, 6.45) is -3.84. The van der Waals surface area contributed by atoms with E-state index in [1.807, 2.05) is 0 Å². The lowest BCUT2D eigenvalue weighted by atomic mass is 10.2.